The summed E-state index contributed by atoms with van der Waals surface area (Å²) in [7, 11) is 0. The van der Waals surface area contributed by atoms with Crippen molar-refractivity contribution in [2.75, 3.05) is 6.54 Å². The van der Waals surface area contributed by atoms with Gasteiger partial charge in [-0.2, -0.15) is 4.98 Å². The molecule has 1 saturated heterocycles. The molecule has 26 heavy (non-hydrogen) atoms. The molecule has 8 heteroatoms. The van der Waals surface area contributed by atoms with Crippen LogP contribution in [0.15, 0.2) is 47.4 Å². The summed E-state index contributed by atoms with van der Waals surface area (Å²) in [5.74, 6) is 0.216. The maximum atomic E-state index is 13.1. The number of hydrogen-bond donors (Lipinski definition) is 0. The molecule has 1 unspecified atom stereocenters. The fourth-order valence-corrected chi connectivity index (χ4v) is 3.07. The minimum absolute atomic E-state index is 0.204. The van der Waals surface area contributed by atoms with Crippen molar-refractivity contribution in [2.24, 2.45) is 0 Å². The van der Waals surface area contributed by atoms with Gasteiger partial charge in [0.25, 0.3) is 5.91 Å². The molecule has 1 aromatic carbocycles. The molecular formula is C18H16FN5O2. The summed E-state index contributed by atoms with van der Waals surface area (Å²) in [5, 5.41) is 3.98. The van der Waals surface area contributed by atoms with Crippen molar-refractivity contribution in [3.63, 3.8) is 0 Å². The Balaban J connectivity index is 1.61. The van der Waals surface area contributed by atoms with Crippen LogP contribution in [-0.2, 0) is 0 Å². The molecule has 0 bridgehead atoms. The highest BCUT2D eigenvalue weighted by Crippen LogP contribution is 2.32. The monoisotopic (exact) mass is 353 g/mol. The Bertz CT molecular complexity index is 897. The van der Waals surface area contributed by atoms with Gasteiger partial charge < -0.3 is 9.42 Å². The Hall–Kier alpha value is -3.16. The minimum Gasteiger partial charge on any atom is -0.337 e. The highest BCUT2D eigenvalue weighted by Gasteiger charge is 2.33. The number of likely N-dealkylation sites (tertiary alicyclic amines) is 1. The second kappa shape index (κ2) is 6.99. The van der Waals surface area contributed by atoms with Crippen LogP contribution >= 0.6 is 0 Å². The second-order valence-corrected chi connectivity index (χ2v) is 6.06. The number of amides is 1. The highest BCUT2D eigenvalue weighted by atomic mass is 19.1. The van der Waals surface area contributed by atoms with Gasteiger partial charge in [0.2, 0.25) is 11.7 Å². The molecule has 1 amide bonds. The number of hydrogen-bond acceptors (Lipinski definition) is 6. The van der Waals surface area contributed by atoms with E-state index in [1.807, 2.05) is 0 Å². The first-order valence-electron chi connectivity index (χ1n) is 8.39. The summed E-state index contributed by atoms with van der Waals surface area (Å²) in [5.41, 5.74) is 0.946. The topological polar surface area (TPSA) is 85.0 Å². The molecule has 0 spiro atoms. The van der Waals surface area contributed by atoms with Gasteiger partial charge in [-0.05, 0) is 43.5 Å². The molecule has 1 aliphatic heterocycles. The van der Waals surface area contributed by atoms with Crippen molar-refractivity contribution in [3.8, 4) is 11.4 Å². The lowest BCUT2D eigenvalue weighted by atomic mass is 10.0. The Morgan fingerprint density at radius 1 is 1.19 bits per heavy atom. The lowest BCUT2D eigenvalue weighted by molar-refractivity contribution is 0.0555. The summed E-state index contributed by atoms with van der Waals surface area (Å²) in [6.07, 6.45) is 7.07. The molecule has 1 atom stereocenters. The first-order valence-corrected chi connectivity index (χ1v) is 8.39. The van der Waals surface area contributed by atoms with E-state index in [4.69, 9.17) is 4.52 Å². The molecule has 1 aliphatic rings. The Kier molecular flexibility index (Phi) is 4.39. The molecule has 0 aliphatic carbocycles. The zero-order chi connectivity index (χ0) is 17.9. The zero-order valence-corrected chi connectivity index (χ0v) is 13.9. The average Bonchev–Trinajstić information content (AvgIpc) is 3.19. The van der Waals surface area contributed by atoms with E-state index in [0.29, 0.717) is 23.8 Å². The van der Waals surface area contributed by atoms with Gasteiger partial charge in [-0.25, -0.2) is 9.37 Å². The first kappa shape index (κ1) is 16.3. The van der Waals surface area contributed by atoms with Crippen molar-refractivity contribution in [2.45, 2.75) is 25.3 Å². The van der Waals surface area contributed by atoms with Crippen molar-refractivity contribution >= 4 is 5.91 Å². The van der Waals surface area contributed by atoms with Crippen molar-refractivity contribution in [3.05, 3.63) is 60.3 Å². The van der Waals surface area contributed by atoms with Gasteiger partial charge in [0.15, 0.2) is 0 Å². The van der Waals surface area contributed by atoms with Crippen LogP contribution in [0.2, 0.25) is 0 Å². The Labute approximate surface area is 148 Å². The average molecular weight is 353 g/mol. The number of rotatable bonds is 3. The maximum Gasteiger partial charge on any atom is 0.274 e. The Morgan fingerprint density at radius 3 is 2.81 bits per heavy atom. The van der Waals surface area contributed by atoms with Crippen LogP contribution in [0.25, 0.3) is 11.4 Å². The van der Waals surface area contributed by atoms with Gasteiger partial charge in [-0.15, -0.1) is 0 Å². The van der Waals surface area contributed by atoms with Crippen LogP contribution in [0.3, 0.4) is 0 Å². The number of benzene rings is 1. The molecule has 2 aromatic heterocycles. The first-order chi connectivity index (χ1) is 12.7. The normalized spacial score (nSPS) is 17.3. The van der Waals surface area contributed by atoms with E-state index in [0.717, 1.165) is 19.3 Å². The predicted molar refractivity (Wildman–Crippen MR) is 89.4 cm³/mol. The standard InChI is InChI=1S/C18H16FN5O2/c19-13-6-4-12(5-7-13)16-22-17(26-23-16)15-3-1-2-10-24(15)18(25)14-11-20-8-9-21-14/h4-9,11,15H,1-3,10H2. The molecular weight excluding hydrogens is 337 g/mol. The van der Waals surface area contributed by atoms with Crippen LogP contribution in [-0.4, -0.2) is 37.5 Å². The van der Waals surface area contributed by atoms with Crippen LogP contribution in [0.5, 0.6) is 0 Å². The summed E-state index contributed by atoms with van der Waals surface area (Å²) >= 11 is 0. The fraction of sp³-hybridized carbons (Fsp3) is 0.278. The highest BCUT2D eigenvalue weighted by molar-refractivity contribution is 5.92. The third kappa shape index (κ3) is 3.17. The minimum atomic E-state index is -0.328. The van der Waals surface area contributed by atoms with Crippen molar-refractivity contribution in [1.82, 2.24) is 25.0 Å². The molecule has 1 fully saturated rings. The van der Waals surface area contributed by atoms with E-state index in [2.05, 4.69) is 20.1 Å². The number of nitrogens with zero attached hydrogens (tertiary/aromatic N) is 5. The van der Waals surface area contributed by atoms with E-state index in [-0.39, 0.29) is 23.5 Å². The van der Waals surface area contributed by atoms with E-state index in [1.165, 1.54) is 30.7 Å². The van der Waals surface area contributed by atoms with Crippen molar-refractivity contribution < 1.29 is 13.7 Å². The largest absolute Gasteiger partial charge is 0.337 e. The molecule has 132 valence electrons. The molecule has 0 radical (unpaired) electrons. The summed E-state index contributed by atoms with van der Waals surface area (Å²) in [6.45, 7) is 0.592. The van der Waals surface area contributed by atoms with Crippen LogP contribution in [0, 0.1) is 5.82 Å². The van der Waals surface area contributed by atoms with Gasteiger partial charge in [0.05, 0.1) is 6.20 Å². The van der Waals surface area contributed by atoms with Gasteiger partial charge in [0.1, 0.15) is 17.6 Å². The Morgan fingerprint density at radius 2 is 2.04 bits per heavy atom. The SMILES string of the molecule is O=C(c1cnccn1)N1CCCCC1c1nc(-c2ccc(F)cc2)no1. The number of carbonyl (C=O) groups excluding carboxylic acids is 1. The lowest BCUT2D eigenvalue weighted by Gasteiger charge is -2.33. The lowest BCUT2D eigenvalue weighted by Crippen LogP contribution is -2.39. The number of halogens is 1. The number of piperidine rings is 1. The quantitative estimate of drug-likeness (QED) is 0.719. The molecule has 7 nitrogen and oxygen atoms in total. The molecule has 0 N–H and O–H groups in total. The van der Waals surface area contributed by atoms with Crippen LogP contribution < -0.4 is 0 Å². The smallest absolute Gasteiger partial charge is 0.274 e. The molecule has 3 heterocycles. The predicted octanol–water partition coefficient (Wildman–Crippen LogP) is 3.03. The zero-order valence-electron chi connectivity index (χ0n) is 13.9. The fourth-order valence-electron chi connectivity index (χ4n) is 3.07. The van der Waals surface area contributed by atoms with Gasteiger partial charge >= 0.3 is 0 Å². The second-order valence-electron chi connectivity index (χ2n) is 6.06. The van der Waals surface area contributed by atoms with Crippen LogP contribution in [0.1, 0.15) is 41.7 Å². The van der Waals surface area contributed by atoms with Gasteiger partial charge in [0, 0.05) is 24.5 Å². The molecule has 0 saturated carbocycles. The number of carbonyl (C=O) groups is 1. The van der Waals surface area contributed by atoms with Gasteiger partial charge in [-0.3, -0.25) is 9.78 Å². The summed E-state index contributed by atoms with van der Waals surface area (Å²) in [6, 6.07) is 5.56. The number of aromatic nitrogens is 4. The molecule has 3 aromatic rings. The van der Waals surface area contributed by atoms with E-state index >= 15 is 0 Å². The van der Waals surface area contributed by atoms with E-state index in [9.17, 15) is 9.18 Å². The van der Waals surface area contributed by atoms with Crippen molar-refractivity contribution in [1.29, 1.82) is 0 Å². The van der Waals surface area contributed by atoms with E-state index < -0.39 is 0 Å². The van der Waals surface area contributed by atoms with Crippen LogP contribution in [0.4, 0.5) is 4.39 Å². The third-order valence-electron chi connectivity index (χ3n) is 4.38. The molecule has 4 rings (SSSR count). The third-order valence-corrected chi connectivity index (χ3v) is 4.38. The summed E-state index contributed by atoms with van der Waals surface area (Å²) < 4.78 is 18.5. The van der Waals surface area contributed by atoms with Gasteiger partial charge in [-0.1, -0.05) is 5.16 Å². The van der Waals surface area contributed by atoms with E-state index in [1.54, 1.807) is 17.0 Å². The maximum absolute atomic E-state index is 13.1. The summed E-state index contributed by atoms with van der Waals surface area (Å²) in [4.78, 5) is 27.0.